The molecule has 90 valence electrons. The quantitative estimate of drug-likeness (QED) is 0.758. The Morgan fingerprint density at radius 1 is 1.33 bits per heavy atom. The molecule has 0 bridgehead atoms. The number of nitrogens with one attached hydrogen (secondary N) is 1. The highest BCUT2D eigenvalue weighted by Crippen LogP contribution is 2.46. The Hall–Kier alpha value is -0.0800. The summed E-state index contributed by atoms with van der Waals surface area (Å²) in [5.41, 5.74) is 0.735. The fourth-order valence-corrected chi connectivity index (χ4v) is 2.34. The summed E-state index contributed by atoms with van der Waals surface area (Å²) in [6.07, 6.45) is 4.11. The van der Waals surface area contributed by atoms with Crippen LogP contribution in [0.1, 0.15) is 47.0 Å². The highest BCUT2D eigenvalue weighted by Gasteiger charge is 2.41. The minimum absolute atomic E-state index is 0.232. The molecule has 0 aromatic carbocycles. The van der Waals surface area contributed by atoms with Gasteiger partial charge in [-0.15, -0.1) is 0 Å². The van der Waals surface area contributed by atoms with Crippen molar-refractivity contribution in [3.05, 3.63) is 0 Å². The van der Waals surface area contributed by atoms with Gasteiger partial charge in [-0.25, -0.2) is 0 Å². The SMILES string of the molecule is COCC(C)C1(CNC(C)(C)C)CCC1. The van der Waals surface area contributed by atoms with E-state index in [2.05, 4.69) is 33.0 Å². The summed E-state index contributed by atoms with van der Waals surface area (Å²) in [5, 5.41) is 3.65. The molecule has 1 fully saturated rings. The summed E-state index contributed by atoms with van der Waals surface area (Å²) in [6.45, 7) is 11.1. The lowest BCUT2D eigenvalue weighted by Crippen LogP contribution is -2.50. The van der Waals surface area contributed by atoms with Gasteiger partial charge in [-0.2, -0.15) is 0 Å². The molecule has 0 spiro atoms. The monoisotopic (exact) mass is 213 g/mol. The molecule has 1 rings (SSSR count). The third-order valence-corrected chi connectivity index (χ3v) is 3.78. The van der Waals surface area contributed by atoms with Crippen molar-refractivity contribution in [3.8, 4) is 0 Å². The Balaban J connectivity index is 2.46. The van der Waals surface area contributed by atoms with Gasteiger partial charge in [0.15, 0.2) is 0 Å². The van der Waals surface area contributed by atoms with Gasteiger partial charge >= 0.3 is 0 Å². The zero-order valence-corrected chi connectivity index (χ0v) is 11.0. The normalized spacial score (nSPS) is 22.2. The van der Waals surface area contributed by atoms with Gasteiger partial charge in [0, 0.05) is 25.8 Å². The topological polar surface area (TPSA) is 21.3 Å². The van der Waals surface area contributed by atoms with Crippen molar-refractivity contribution < 1.29 is 4.74 Å². The zero-order chi connectivity index (χ0) is 11.5. The summed E-state index contributed by atoms with van der Waals surface area (Å²) < 4.78 is 5.29. The second-order valence-electron chi connectivity index (χ2n) is 6.18. The standard InChI is InChI=1S/C13H27NO/c1-11(9-15-5)13(7-6-8-13)10-14-12(2,3)4/h11,14H,6-10H2,1-5H3. The summed E-state index contributed by atoms with van der Waals surface area (Å²) in [5.74, 6) is 0.672. The molecule has 0 heterocycles. The van der Waals surface area contributed by atoms with E-state index in [1.165, 1.54) is 19.3 Å². The van der Waals surface area contributed by atoms with Gasteiger partial charge in [-0.3, -0.25) is 0 Å². The maximum absolute atomic E-state index is 5.29. The van der Waals surface area contributed by atoms with Crippen LogP contribution in [0.2, 0.25) is 0 Å². The minimum atomic E-state index is 0.232. The molecule has 0 radical (unpaired) electrons. The van der Waals surface area contributed by atoms with Crippen molar-refractivity contribution >= 4 is 0 Å². The molecule has 1 N–H and O–H groups in total. The van der Waals surface area contributed by atoms with Crippen LogP contribution in [-0.2, 0) is 4.74 Å². The Labute approximate surface area is 94.8 Å². The first-order chi connectivity index (χ1) is 6.90. The van der Waals surface area contributed by atoms with Crippen molar-refractivity contribution in [2.24, 2.45) is 11.3 Å². The number of methoxy groups -OCH3 is 1. The summed E-state index contributed by atoms with van der Waals surface area (Å²) in [7, 11) is 1.81. The molecule has 0 aromatic rings. The van der Waals surface area contributed by atoms with Crippen molar-refractivity contribution in [3.63, 3.8) is 0 Å². The van der Waals surface area contributed by atoms with E-state index in [1.807, 2.05) is 0 Å². The smallest absolute Gasteiger partial charge is 0.0493 e. The maximum Gasteiger partial charge on any atom is 0.0493 e. The Morgan fingerprint density at radius 2 is 1.93 bits per heavy atom. The zero-order valence-electron chi connectivity index (χ0n) is 11.0. The van der Waals surface area contributed by atoms with Gasteiger partial charge in [0.2, 0.25) is 0 Å². The van der Waals surface area contributed by atoms with Crippen molar-refractivity contribution in [1.82, 2.24) is 5.32 Å². The third-order valence-electron chi connectivity index (χ3n) is 3.78. The van der Waals surface area contributed by atoms with Gasteiger partial charge in [0.1, 0.15) is 0 Å². The van der Waals surface area contributed by atoms with E-state index in [4.69, 9.17) is 4.74 Å². The van der Waals surface area contributed by atoms with Crippen molar-refractivity contribution in [2.45, 2.75) is 52.5 Å². The molecular formula is C13H27NO. The molecular weight excluding hydrogens is 186 g/mol. The van der Waals surface area contributed by atoms with Crippen LogP contribution >= 0.6 is 0 Å². The molecule has 2 nitrogen and oxygen atoms in total. The fourth-order valence-electron chi connectivity index (χ4n) is 2.34. The highest BCUT2D eigenvalue weighted by molar-refractivity contribution is 4.94. The van der Waals surface area contributed by atoms with Gasteiger partial charge in [0.25, 0.3) is 0 Å². The lowest BCUT2D eigenvalue weighted by Gasteiger charge is -2.48. The molecule has 1 aliphatic carbocycles. The molecule has 15 heavy (non-hydrogen) atoms. The van der Waals surface area contributed by atoms with E-state index >= 15 is 0 Å². The van der Waals surface area contributed by atoms with E-state index < -0.39 is 0 Å². The highest BCUT2D eigenvalue weighted by atomic mass is 16.5. The van der Waals surface area contributed by atoms with Crippen LogP contribution in [0.3, 0.4) is 0 Å². The minimum Gasteiger partial charge on any atom is -0.384 e. The van der Waals surface area contributed by atoms with Crippen molar-refractivity contribution in [2.75, 3.05) is 20.3 Å². The number of rotatable bonds is 5. The van der Waals surface area contributed by atoms with E-state index in [9.17, 15) is 0 Å². The average molecular weight is 213 g/mol. The summed E-state index contributed by atoms with van der Waals surface area (Å²) in [6, 6.07) is 0. The van der Waals surface area contributed by atoms with Gasteiger partial charge < -0.3 is 10.1 Å². The molecule has 0 aromatic heterocycles. The molecule has 1 atom stereocenters. The molecule has 0 aliphatic heterocycles. The lowest BCUT2D eigenvalue weighted by atomic mass is 9.61. The van der Waals surface area contributed by atoms with E-state index in [-0.39, 0.29) is 5.54 Å². The lowest BCUT2D eigenvalue weighted by molar-refractivity contribution is 0.00481. The first-order valence-electron chi connectivity index (χ1n) is 6.14. The van der Waals surface area contributed by atoms with Crippen molar-refractivity contribution in [1.29, 1.82) is 0 Å². The van der Waals surface area contributed by atoms with Crippen LogP contribution in [-0.4, -0.2) is 25.8 Å². The van der Waals surface area contributed by atoms with Crippen LogP contribution in [0, 0.1) is 11.3 Å². The maximum atomic E-state index is 5.29. The first kappa shape index (κ1) is 13.0. The Kier molecular flexibility index (Phi) is 4.19. The second kappa shape index (κ2) is 4.84. The molecule has 1 unspecified atom stereocenters. The van der Waals surface area contributed by atoms with E-state index in [0.717, 1.165) is 13.2 Å². The second-order valence-corrected chi connectivity index (χ2v) is 6.18. The number of ether oxygens (including phenoxy) is 1. The average Bonchev–Trinajstić information content (AvgIpc) is 2.00. The number of hydrogen-bond donors (Lipinski definition) is 1. The summed E-state index contributed by atoms with van der Waals surface area (Å²) in [4.78, 5) is 0. The van der Waals surface area contributed by atoms with Crippen LogP contribution in [0.25, 0.3) is 0 Å². The Morgan fingerprint density at radius 3 is 2.27 bits per heavy atom. The predicted molar refractivity (Wildman–Crippen MR) is 65.1 cm³/mol. The van der Waals surface area contributed by atoms with Gasteiger partial charge in [0.05, 0.1) is 0 Å². The Bertz CT molecular complexity index is 191. The summed E-state index contributed by atoms with van der Waals surface area (Å²) >= 11 is 0. The fraction of sp³-hybridized carbons (Fsp3) is 1.00. The van der Waals surface area contributed by atoms with Crippen LogP contribution in [0.4, 0.5) is 0 Å². The predicted octanol–water partition coefficient (Wildman–Crippen LogP) is 2.83. The molecule has 0 amide bonds. The third kappa shape index (κ3) is 3.46. The van der Waals surface area contributed by atoms with Crippen LogP contribution in [0.5, 0.6) is 0 Å². The van der Waals surface area contributed by atoms with E-state index in [1.54, 1.807) is 7.11 Å². The molecule has 1 aliphatic rings. The molecule has 0 saturated heterocycles. The molecule has 1 saturated carbocycles. The molecule has 2 heteroatoms. The number of hydrogen-bond acceptors (Lipinski definition) is 2. The van der Waals surface area contributed by atoms with Crippen LogP contribution < -0.4 is 5.32 Å². The largest absolute Gasteiger partial charge is 0.384 e. The van der Waals surface area contributed by atoms with Crippen LogP contribution in [0.15, 0.2) is 0 Å². The van der Waals surface area contributed by atoms with Gasteiger partial charge in [-0.05, 0) is 44.9 Å². The van der Waals surface area contributed by atoms with E-state index in [0.29, 0.717) is 11.3 Å². The first-order valence-corrected chi connectivity index (χ1v) is 6.14. The van der Waals surface area contributed by atoms with Gasteiger partial charge in [-0.1, -0.05) is 13.3 Å².